The van der Waals surface area contributed by atoms with Gasteiger partial charge < -0.3 is 14.6 Å². The van der Waals surface area contributed by atoms with E-state index in [4.69, 9.17) is 14.6 Å². The molecule has 0 atom stereocenters. The highest BCUT2D eigenvalue weighted by Crippen LogP contribution is 2.26. The largest absolute Gasteiger partial charge is 0.493 e. The van der Waals surface area contributed by atoms with E-state index in [0.717, 1.165) is 0 Å². The maximum Gasteiger partial charge on any atom is 0.335 e. The van der Waals surface area contributed by atoms with Crippen LogP contribution in [0, 0.1) is 0 Å². The zero-order chi connectivity index (χ0) is 15.1. The lowest BCUT2D eigenvalue weighted by Crippen LogP contribution is -2.02. The first-order valence-corrected chi connectivity index (χ1v) is 7.27. The second-order valence-corrected chi connectivity index (χ2v) is 5.15. The molecule has 1 aromatic carbocycles. The van der Waals surface area contributed by atoms with Crippen molar-refractivity contribution >= 4 is 17.7 Å². The molecule has 0 aliphatic carbocycles. The number of carboxylic acid groups (broad SMARTS) is 1. The molecule has 110 valence electrons. The minimum Gasteiger partial charge on any atom is -0.493 e. The van der Waals surface area contributed by atoms with E-state index in [1.807, 2.05) is 24.3 Å². The number of nitrogens with zero attached hydrogens (tertiary/aromatic N) is 1. The third-order valence-corrected chi connectivity index (χ3v) is 3.53. The van der Waals surface area contributed by atoms with Gasteiger partial charge in [-0.25, -0.2) is 9.78 Å². The van der Waals surface area contributed by atoms with Crippen LogP contribution < -0.4 is 9.47 Å². The fourth-order valence-electron chi connectivity index (χ4n) is 1.66. The summed E-state index contributed by atoms with van der Waals surface area (Å²) in [6.45, 7) is 0.476. The van der Waals surface area contributed by atoms with Gasteiger partial charge in [-0.3, -0.25) is 0 Å². The third kappa shape index (κ3) is 4.39. The SMILES string of the molecule is COc1ccccc1OCCSc1cc(C(=O)O)ccn1. The molecule has 1 aromatic heterocycles. The average molecular weight is 305 g/mol. The Labute approximate surface area is 126 Å². The highest BCUT2D eigenvalue weighted by Gasteiger charge is 2.05. The molecule has 0 radical (unpaired) electrons. The Morgan fingerprint density at radius 1 is 1.29 bits per heavy atom. The Balaban J connectivity index is 1.85. The van der Waals surface area contributed by atoms with E-state index in [1.54, 1.807) is 13.2 Å². The standard InChI is InChI=1S/C15H15NO4S/c1-19-12-4-2-3-5-13(12)20-8-9-21-14-10-11(15(17)18)6-7-16-14/h2-7,10H,8-9H2,1H3,(H,17,18). The van der Waals surface area contributed by atoms with E-state index in [1.165, 1.54) is 24.0 Å². The Morgan fingerprint density at radius 2 is 2.05 bits per heavy atom. The van der Waals surface area contributed by atoms with Gasteiger partial charge in [0.05, 0.1) is 24.3 Å². The average Bonchev–Trinajstić information content (AvgIpc) is 2.52. The summed E-state index contributed by atoms with van der Waals surface area (Å²) in [6, 6.07) is 10.5. The van der Waals surface area contributed by atoms with Crippen LogP contribution in [-0.4, -0.2) is 35.5 Å². The maximum atomic E-state index is 10.9. The molecule has 2 rings (SSSR count). The molecule has 2 aromatic rings. The first-order chi connectivity index (χ1) is 10.2. The van der Waals surface area contributed by atoms with Gasteiger partial charge in [0.1, 0.15) is 0 Å². The molecule has 0 aliphatic heterocycles. The number of aromatic carboxylic acids is 1. The van der Waals surface area contributed by atoms with Crippen LogP contribution in [0.25, 0.3) is 0 Å². The quantitative estimate of drug-likeness (QED) is 0.626. The zero-order valence-electron chi connectivity index (χ0n) is 11.5. The monoisotopic (exact) mass is 305 g/mol. The molecule has 0 aliphatic rings. The van der Waals surface area contributed by atoms with Crippen LogP contribution >= 0.6 is 11.8 Å². The Kier molecular flexibility index (Phi) is 5.45. The zero-order valence-corrected chi connectivity index (χ0v) is 12.3. The molecule has 6 heteroatoms. The fourth-order valence-corrected chi connectivity index (χ4v) is 2.38. The second-order valence-electron chi connectivity index (χ2n) is 4.04. The van der Waals surface area contributed by atoms with E-state index in [9.17, 15) is 4.79 Å². The van der Waals surface area contributed by atoms with Crippen molar-refractivity contribution in [3.63, 3.8) is 0 Å². The van der Waals surface area contributed by atoms with Crippen LogP contribution in [0.5, 0.6) is 11.5 Å². The van der Waals surface area contributed by atoms with E-state index in [-0.39, 0.29) is 5.56 Å². The van der Waals surface area contributed by atoms with Crippen molar-refractivity contribution in [2.24, 2.45) is 0 Å². The lowest BCUT2D eigenvalue weighted by molar-refractivity contribution is 0.0696. The van der Waals surface area contributed by atoms with Gasteiger partial charge in [0.2, 0.25) is 0 Å². The van der Waals surface area contributed by atoms with E-state index < -0.39 is 5.97 Å². The van der Waals surface area contributed by atoms with Gasteiger partial charge in [-0.15, -0.1) is 11.8 Å². The molecular formula is C15H15NO4S. The molecule has 1 N–H and O–H groups in total. The number of methoxy groups -OCH3 is 1. The molecule has 1 heterocycles. The number of pyridine rings is 1. The van der Waals surface area contributed by atoms with Crippen LogP contribution in [0.15, 0.2) is 47.6 Å². The summed E-state index contributed by atoms with van der Waals surface area (Å²) in [6.07, 6.45) is 1.49. The smallest absolute Gasteiger partial charge is 0.335 e. The number of benzene rings is 1. The topological polar surface area (TPSA) is 68.7 Å². The van der Waals surface area contributed by atoms with Gasteiger partial charge in [0.15, 0.2) is 11.5 Å². The van der Waals surface area contributed by atoms with Crippen molar-refractivity contribution < 1.29 is 19.4 Å². The van der Waals surface area contributed by atoms with Gasteiger partial charge in [0.25, 0.3) is 0 Å². The first-order valence-electron chi connectivity index (χ1n) is 6.28. The van der Waals surface area contributed by atoms with Crippen molar-refractivity contribution in [3.05, 3.63) is 48.2 Å². The number of aromatic nitrogens is 1. The molecule has 0 saturated heterocycles. The Hall–Kier alpha value is -2.21. The molecule has 0 saturated carbocycles. The molecular weight excluding hydrogens is 290 g/mol. The normalized spacial score (nSPS) is 10.1. The number of para-hydroxylation sites is 2. The number of rotatable bonds is 7. The Bertz CT molecular complexity index is 618. The number of hydrogen-bond donors (Lipinski definition) is 1. The summed E-state index contributed by atoms with van der Waals surface area (Å²) in [5.74, 6) is 1.08. The van der Waals surface area contributed by atoms with Crippen LogP contribution in [0.3, 0.4) is 0 Å². The number of carboxylic acids is 1. The lowest BCUT2D eigenvalue weighted by atomic mass is 10.3. The predicted molar refractivity (Wildman–Crippen MR) is 80.4 cm³/mol. The van der Waals surface area contributed by atoms with Gasteiger partial charge in [-0.05, 0) is 24.3 Å². The molecule has 0 amide bonds. The van der Waals surface area contributed by atoms with Crippen molar-refractivity contribution in [2.45, 2.75) is 5.03 Å². The molecule has 0 fully saturated rings. The number of hydrogen-bond acceptors (Lipinski definition) is 5. The lowest BCUT2D eigenvalue weighted by Gasteiger charge is -2.09. The minimum atomic E-state index is -0.954. The summed E-state index contributed by atoms with van der Waals surface area (Å²) in [4.78, 5) is 15.0. The predicted octanol–water partition coefficient (Wildman–Crippen LogP) is 2.96. The van der Waals surface area contributed by atoms with Gasteiger partial charge in [0, 0.05) is 11.9 Å². The van der Waals surface area contributed by atoms with Crippen molar-refractivity contribution in [1.82, 2.24) is 4.98 Å². The highest BCUT2D eigenvalue weighted by molar-refractivity contribution is 7.99. The summed E-state index contributed by atoms with van der Waals surface area (Å²) < 4.78 is 10.8. The minimum absolute atomic E-state index is 0.234. The summed E-state index contributed by atoms with van der Waals surface area (Å²) in [5.41, 5.74) is 0.234. The van der Waals surface area contributed by atoms with Crippen molar-refractivity contribution in [3.8, 4) is 11.5 Å². The maximum absolute atomic E-state index is 10.9. The van der Waals surface area contributed by atoms with Crippen LogP contribution in [0.4, 0.5) is 0 Å². The van der Waals surface area contributed by atoms with Crippen LogP contribution in [-0.2, 0) is 0 Å². The number of ether oxygens (including phenoxy) is 2. The van der Waals surface area contributed by atoms with Crippen molar-refractivity contribution in [1.29, 1.82) is 0 Å². The van der Waals surface area contributed by atoms with Gasteiger partial charge >= 0.3 is 5.97 Å². The molecule has 21 heavy (non-hydrogen) atoms. The Morgan fingerprint density at radius 3 is 2.76 bits per heavy atom. The van der Waals surface area contributed by atoms with Crippen molar-refractivity contribution in [2.75, 3.05) is 19.5 Å². The van der Waals surface area contributed by atoms with Gasteiger partial charge in [-0.2, -0.15) is 0 Å². The first kappa shape index (κ1) is 15.2. The second kappa shape index (κ2) is 7.54. The highest BCUT2D eigenvalue weighted by atomic mass is 32.2. The molecule has 0 unspecified atom stereocenters. The fraction of sp³-hybridized carbons (Fsp3) is 0.200. The van der Waals surface area contributed by atoms with Crippen LogP contribution in [0.1, 0.15) is 10.4 Å². The van der Waals surface area contributed by atoms with E-state index in [2.05, 4.69) is 4.98 Å². The summed E-state index contributed by atoms with van der Waals surface area (Å²) in [5, 5.41) is 9.58. The number of carbonyl (C=O) groups is 1. The van der Waals surface area contributed by atoms with E-state index in [0.29, 0.717) is 28.9 Å². The van der Waals surface area contributed by atoms with Gasteiger partial charge in [-0.1, -0.05) is 12.1 Å². The molecule has 0 spiro atoms. The summed E-state index contributed by atoms with van der Waals surface area (Å²) >= 11 is 1.44. The third-order valence-electron chi connectivity index (χ3n) is 2.64. The van der Waals surface area contributed by atoms with Crippen LogP contribution in [0.2, 0.25) is 0 Å². The molecule has 5 nitrogen and oxygen atoms in total. The summed E-state index contributed by atoms with van der Waals surface area (Å²) in [7, 11) is 1.60. The number of thioether (sulfide) groups is 1. The molecule has 0 bridgehead atoms. The van der Waals surface area contributed by atoms with E-state index >= 15 is 0 Å².